The number of esters is 1. The Hall–Kier alpha value is -3.32. The number of fused-ring (bicyclic) bond motifs is 1. The number of halogens is 1. The minimum Gasteiger partial charge on any atom is -0.467 e. The monoisotopic (exact) mass is 438 g/mol. The van der Waals surface area contributed by atoms with Crippen LogP contribution in [0.2, 0.25) is 5.02 Å². The van der Waals surface area contributed by atoms with Crippen molar-refractivity contribution in [3.8, 4) is 0 Å². The normalized spacial score (nSPS) is 16.3. The highest BCUT2D eigenvalue weighted by Crippen LogP contribution is 2.33. The SMILES string of the molecule is COC(=O)[C@@H](Cc1ccccc1)NC(=O)N1CCc2[nH]cnc2[C@H]1c1ccc(Cl)cc1. The van der Waals surface area contributed by atoms with Crippen molar-refractivity contribution in [1.82, 2.24) is 20.2 Å². The molecule has 0 unspecified atom stereocenters. The van der Waals surface area contributed by atoms with Gasteiger partial charge in [0.25, 0.3) is 0 Å². The molecule has 2 heterocycles. The number of ether oxygens (including phenoxy) is 1. The van der Waals surface area contributed by atoms with Crippen molar-refractivity contribution >= 4 is 23.6 Å². The Kier molecular flexibility index (Phi) is 6.23. The van der Waals surface area contributed by atoms with Crippen molar-refractivity contribution in [2.75, 3.05) is 13.7 Å². The lowest BCUT2D eigenvalue weighted by molar-refractivity contribution is -0.142. The number of nitrogens with zero attached hydrogens (tertiary/aromatic N) is 2. The van der Waals surface area contributed by atoms with Crippen LogP contribution in [0.25, 0.3) is 0 Å². The van der Waals surface area contributed by atoms with E-state index in [4.69, 9.17) is 16.3 Å². The highest BCUT2D eigenvalue weighted by molar-refractivity contribution is 6.30. The summed E-state index contributed by atoms with van der Waals surface area (Å²) in [7, 11) is 1.32. The summed E-state index contributed by atoms with van der Waals surface area (Å²) in [6.45, 7) is 0.480. The van der Waals surface area contributed by atoms with Gasteiger partial charge in [-0.05, 0) is 23.3 Å². The molecule has 0 fully saturated rings. The molecule has 0 saturated carbocycles. The topological polar surface area (TPSA) is 87.3 Å². The van der Waals surface area contributed by atoms with E-state index in [0.29, 0.717) is 24.4 Å². The van der Waals surface area contributed by atoms with Crippen LogP contribution < -0.4 is 5.32 Å². The van der Waals surface area contributed by atoms with E-state index in [0.717, 1.165) is 22.5 Å². The third-order valence-electron chi connectivity index (χ3n) is 5.44. The van der Waals surface area contributed by atoms with Crippen LogP contribution in [0, 0.1) is 0 Å². The van der Waals surface area contributed by atoms with Gasteiger partial charge < -0.3 is 19.9 Å². The number of H-pyrrole nitrogens is 1. The smallest absolute Gasteiger partial charge is 0.328 e. The Balaban J connectivity index is 1.60. The predicted octanol–water partition coefficient (Wildman–Crippen LogP) is 3.50. The molecule has 160 valence electrons. The predicted molar refractivity (Wildman–Crippen MR) is 117 cm³/mol. The maximum absolute atomic E-state index is 13.3. The van der Waals surface area contributed by atoms with Crippen LogP contribution >= 0.6 is 11.6 Å². The second-order valence-electron chi connectivity index (χ2n) is 7.38. The standard InChI is InChI=1S/C23H23ClN4O3/c1-31-22(29)19(13-15-5-3-2-4-6-15)27-23(30)28-12-11-18-20(26-14-25-18)21(28)16-7-9-17(24)10-8-16/h2-10,14,19,21H,11-13H2,1H3,(H,25,26)(H,27,30)/t19-,21-/m1/s1. The Bertz CT molecular complexity index is 1050. The highest BCUT2D eigenvalue weighted by Gasteiger charge is 2.35. The van der Waals surface area contributed by atoms with Crippen LogP contribution in [-0.2, 0) is 22.4 Å². The molecule has 31 heavy (non-hydrogen) atoms. The molecule has 1 aromatic heterocycles. The molecular formula is C23H23ClN4O3. The summed E-state index contributed by atoms with van der Waals surface area (Å²) in [4.78, 5) is 35.1. The second-order valence-corrected chi connectivity index (χ2v) is 7.82. The van der Waals surface area contributed by atoms with Gasteiger partial charge in [0.2, 0.25) is 0 Å². The van der Waals surface area contributed by atoms with Crippen molar-refractivity contribution in [1.29, 1.82) is 0 Å². The summed E-state index contributed by atoms with van der Waals surface area (Å²) in [6, 6.07) is 15.3. The summed E-state index contributed by atoms with van der Waals surface area (Å²) in [5.74, 6) is -0.488. The van der Waals surface area contributed by atoms with Crippen LogP contribution in [0.1, 0.15) is 28.6 Å². The fourth-order valence-electron chi connectivity index (χ4n) is 3.90. The van der Waals surface area contributed by atoms with Crippen molar-refractivity contribution in [3.63, 3.8) is 0 Å². The molecule has 1 aliphatic rings. The molecule has 0 radical (unpaired) electrons. The number of carbonyl (C=O) groups is 2. The van der Waals surface area contributed by atoms with E-state index >= 15 is 0 Å². The molecular weight excluding hydrogens is 416 g/mol. The molecule has 7 nitrogen and oxygen atoms in total. The number of benzene rings is 2. The number of rotatable bonds is 5. The molecule has 0 bridgehead atoms. The highest BCUT2D eigenvalue weighted by atomic mass is 35.5. The van der Waals surface area contributed by atoms with Crippen LogP contribution in [-0.4, -0.2) is 46.6 Å². The number of hydrogen-bond acceptors (Lipinski definition) is 4. The van der Waals surface area contributed by atoms with E-state index in [2.05, 4.69) is 15.3 Å². The largest absolute Gasteiger partial charge is 0.467 e. The third-order valence-corrected chi connectivity index (χ3v) is 5.69. The molecule has 8 heteroatoms. The van der Waals surface area contributed by atoms with Gasteiger partial charge in [0.1, 0.15) is 12.1 Å². The number of imidazole rings is 1. The molecule has 1 aliphatic heterocycles. The molecule has 2 N–H and O–H groups in total. The van der Waals surface area contributed by atoms with Crippen LogP contribution in [0.5, 0.6) is 0 Å². The van der Waals surface area contributed by atoms with Crippen LogP contribution in [0.3, 0.4) is 0 Å². The first-order chi connectivity index (χ1) is 15.1. The van der Waals surface area contributed by atoms with Gasteiger partial charge in [0, 0.05) is 30.1 Å². The van der Waals surface area contributed by atoms with Gasteiger partial charge in [-0.3, -0.25) is 0 Å². The minimum absolute atomic E-state index is 0.340. The minimum atomic E-state index is -0.800. The molecule has 2 amide bonds. The number of aromatic nitrogens is 2. The summed E-state index contributed by atoms with van der Waals surface area (Å²) >= 11 is 6.06. The van der Waals surface area contributed by atoms with Crippen molar-refractivity contribution in [2.24, 2.45) is 0 Å². The number of aromatic amines is 1. The van der Waals surface area contributed by atoms with Gasteiger partial charge in [-0.2, -0.15) is 0 Å². The van der Waals surface area contributed by atoms with Gasteiger partial charge >= 0.3 is 12.0 Å². The molecule has 0 spiro atoms. The van der Waals surface area contributed by atoms with Crippen molar-refractivity contribution in [2.45, 2.75) is 24.9 Å². The van der Waals surface area contributed by atoms with Gasteiger partial charge in [-0.1, -0.05) is 54.1 Å². The first-order valence-corrected chi connectivity index (χ1v) is 10.4. The lowest BCUT2D eigenvalue weighted by Crippen LogP contribution is -2.52. The van der Waals surface area contributed by atoms with E-state index in [1.54, 1.807) is 23.4 Å². The molecule has 4 rings (SSSR count). The first-order valence-electron chi connectivity index (χ1n) is 10.0. The van der Waals surface area contributed by atoms with E-state index in [1.165, 1.54) is 7.11 Å². The third kappa shape index (κ3) is 4.56. The average Bonchev–Trinajstić information content (AvgIpc) is 3.27. The van der Waals surface area contributed by atoms with Gasteiger partial charge in [0.15, 0.2) is 0 Å². The number of carbonyl (C=O) groups excluding carboxylic acids is 2. The summed E-state index contributed by atoms with van der Waals surface area (Å²) in [5, 5.41) is 3.49. The lowest BCUT2D eigenvalue weighted by atomic mass is 9.96. The number of methoxy groups -OCH3 is 1. The number of hydrogen-bond donors (Lipinski definition) is 2. The quantitative estimate of drug-likeness (QED) is 0.597. The Morgan fingerprint density at radius 3 is 2.68 bits per heavy atom. The maximum Gasteiger partial charge on any atom is 0.328 e. The van der Waals surface area contributed by atoms with Crippen LogP contribution in [0.4, 0.5) is 4.79 Å². The van der Waals surface area contributed by atoms with Crippen LogP contribution in [0.15, 0.2) is 60.9 Å². The average molecular weight is 439 g/mol. The van der Waals surface area contributed by atoms with Crippen molar-refractivity contribution < 1.29 is 14.3 Å². The molecule has 0 aliphatic carbocycles. The van der Waals surface area contributed by atoms with E-state index < -0.39 is 12.0 Å². The number of amides is 2. The Morgan fingerprint density at radius 2 is 1.97 bits per heavy atom. The maximum atomic E-state index is 13.3. The van der Waals surface area contributed by atoms with Gasteiger partial charge in [0.05, 0.1) is 19.1 Å². The first kappa shape index (κ1) is 20.9. The summed E-state index contributed by atoms with van der Waals surface area (Å²) in [6.07, 6.45) is 2.63. The van der Waals surface area contributed by atoms with Gasteiger partial charge in [-0.25, -0.2) is 14.6 Å². The Morgan fingerprint density at radius 1 is 1.23 bits per heavy atom. The summed E-state index contributed by atoms with van der Waals surface area (Å²) < 4.78 is 4.94. The molecule has 2 aromatic carbocycles. The zero-order chi connectivity index (χ0) is 21.8. The fourth-order valence-corrected chi connectivity index (χ4v) is 4.02. The molecule has 0 saturated heterocycles. The molecule has 3 aromatic rings. The fraction of sp³-hybridized carbons (Fsp3) is 0.261. The number of nitrogens with one attached hydrogen (secondary N) is 2. The van der Waals surface area contributed by atoms with Crippen molar-refractivity contribution in [3.05, 3.63) is 88.5 Å². The van der Waals surface area contributed by atoms with E-state index in [1.807, 2.05) is 42.5 Å². The summed E-state index contributed by atoms with van der Waals surface area (Å²) in [5.41, 5.74) is 3.62. The Labute approximate surface area is 185 Å². The second kappa shape index (κ2) is 9.22. The number of urea groups is 1. The molecule has 2 atom stereocenters. The zero-order valence-electron chi connectivity index (χ0n) is 17.0. The zero-order valence-corrected chi connectivity index (χ0v) is 17.8. The van der Waals surface area contributed by atoms with Gasteiger partial charge in [-0.15, -0.1) is 0 Å². The lowest BCUT2D eigenvalue weighted by Gasteiger charge is -2.36. The van der Waals surface area contributed by atoms with E-state index in [-0.39, 0.29) is 12.1 Å². The van der Waals surface area contributed by atoms with E-state index in [9.17, 15) is 9.59 Å².